The molecule has 1 aliphatic carbocycles. The largest absolute Gasteiger partial charge is 0.489 e. The van der Waals surface area contributed by atoms with E-state index in [2.05, 4.69) is 74.9 Å². The first-order valence-electron chi connectivity index (χ1n) is 19.9. The summed E-state index contributed by atoms with van der Waals surface area (Å²) in [6.07, 6.45) is 9.36. The molecule has 3 aliphatic heterocycles. The van der Waals surface area contributed by atoms with Gasteiger partial charge in [0.15, 0.2) is 0 Å². The number of amides is 4. The number of carbonyl (C=O) groups excluding carboxylic acids is 3. The van der Waals surface area contributed by atoms with Gasteiger partial charge in [0.05, 0.1) is 46.4 Å². The Bertz CT molecular complexity index is 2200. The van der Waals surface area contributed by atoms with E-state index in [9.17, 15) is 19.6 Å². The molecule has 4 fully saturated rings. The van der Waals surface area contributed by atoms with Crippen LogP contribution < -0.4 is 25.2 Å². The van der Waals surface area contributed by atoms with Crippen LogP contribution in [-0.4, -0.2) is 93.9 Å². The number of ether oxygens (including phenoxy) is 1. The highest BCUT2D eigenvalue weighted by atomic mass is 35.5. The number of urea groups is 1. The number of nitrogens with zero attached hydrogens (tertiary/aromatic N) is 8. The van der Waals surface area contributed by atoms with E-state index in [-0.39, 0.29) is 59.0 Å². The van der Waals surface area contributed by atoms with E-state index in [1.165, 1.54) is 0 Å². The fraction of sp³-hybridized carbons (Fsp3) is 0.500. The van der Waals surface area contributed by atoms with Gasteiger partial charge in [-0.25, -0.2) is 14.8 Å². The van der Waals surface area contributed by atoms with Gasteiger partial charge in [0.2, 0.25) is 5.91 Å². The summed E-state index contributed by atoms with van der Waals surface area (Å²) in [5, 5.41) is 20.9. The number of fused-ring (bicyclic) bond motifs is 1. The molecule has 3 saturated heterocycles. The van der Waals surface area contributed by atoms with Gasteiger partial charge >= 0.3 is 6.03 Å². The molecule has 4 aromatic rings. The lowest BCUT2D eigenvalue weighted by Gasteiger charge is -2.63. The molecule has 15 heteroatoms. The normalized spacial score (nSPS) is 22.8. The van der Waals surface area contributed by atoms with Gasteiger partial charge in [0.1, 0.15) is 29.4 Å². The highest BCUT2D eigenvalue weighted by Crippen LogP contribution is 2.55. The summed E-state index contributed by atoms with van der Waals surface area (Å²) in [4.78, 5) is 53.3. The smallest absolute Gasteiger partial charge is 0.328 e. The van der Waals surface area contributed by atoms with Crippen molar-refractivity contribution in [3.05, 3.63) is 71.3 Å². The maximum atomic E-state index is 13.4. The summed E-state index contributed by atoms with van der Waals surface area (Å²) in [6.45, 7) is 13.5. The molecule has 0 bridgehead atoms. The van der Waals surface area contributed by atoms with Crippen LogP contribution in [0.1, 0.15) is 81.9 Å². The van der Waals surface area contributed by atoms with E-state index >= 15 is 0 Å². The van der Waals surface area contributed by atoms with Crippen LogP contribution in [0.25, 0.3) is 10.9 Å². The van der Waals surface area contributed by atoms with Gasteiger partial charge in [0, 0.05) is 74.0 Å². The number of hydrogen-bond acceptors (Lipinski definition) is 10. The monoisotopic (exact) mass is 792 g/mol. The average Bonchev–Trinajstić information content (AvgIpc) is 3.64. The molecule has 2 aromatic heterocycles. The van der Waals surface area contributed by atoms with E-state index in [1.807, 2.05) is 18.3 Å². The van der Waals surface area contributed by atoms with Crippen LogP contribution in [0.5, 0.6) is 5.75 Å². The van der Waals surface area contributed by atoms with Crippen molar-refractivity contribution in [2.75, 3.05) is 49.1 Å². The van der Waals surface area contributed by atoms with E-state index in [4.69, 9.17) is 21.4 Å². The first-order chi connectivity index (χ1) is 27.3. The molecule has 0 radical (unpaired) electrons. The van der Waals surface area contributed by atoms with Crippen molar-refractivity contribution in [1.29, 1.82) is 5.26 Å². The Labute approximate surface area is 337 Å². The fourth-order valence-electron chi connectivity index (χ4n) is 9.83. The number of aromatic nitrogens is 4. The highest BCUT2D eigenvalue weighted by molar-refractivity contribution is 6.31. The van der Waals surface area contributed by atoms with E-state index < -0.39 is 0 Å². The number of likely N-dealkylation sites (tertiary alicyclic amines) is 1. The summed E-state index contributed by atoms with van der Waals surface area (Å²) in [6, 6.07) is 12.8. The highest BCUT2D eigenvalue weighted by Gasteiger charge is 2.64. The average molecular weight is 793 g/mol. The van der Waals surface area contributed by atoms with Gasteiger partial charge in [0.25, 0.3) is 5.91 Å². The number of anilines is 2. The lowest BCUT2D eigenvalue weighted by Crippen LogP contribution is -2.74. The van der Waals surface area contributed by atoms with Crippen molar-refractivity contribution >= 4 is 51.9 Å². The summed E-state index contributed by atoms with van der Waals surface area (Å²) < 4.78 is 8.48. The Hall–Kier alpha value is -5.26. The Kier molecular flexibility index (Phi) is 10.3. The predicted octanol–water partition coefficient (Wildman–Crippen LogP) is 5.96. The molecule has 5 heterocycles. The molecule has 57 heavy (non-hydrogen) atoms. The molecule has 4 amide bonds. The molecule has 298 valence electrons. The topological polar surface area (TPSA) is 162 Å². The molecular weight excluding hydrogens is 744 g/mol. The standard InChI is InChI=1S/C42H49ClN10O4/c1-41(2)38(42(3,4)39(41)57-29-9-8-27(21-44)31(43)20-29)49-37(55)32-23-46-35(24-45-32)51-17-10-26(11-18-51)25-50-15-12-28(13-16-50)53-34-7-5-6-33(30(34)22-47-53)52-19-14-36(54)48-40(52)56/h5-9,20,22-24,26,28,38-39H,10-19,25H2,1-4H3,(H,49,55)(H,48,54,56). The number of benzene rings is 2. The van der Waals surface area contributed by atoms with Crippen LogP contribution >= 0.6 is 11.6 Å². The quantitative estimate of drug-likeness (QED) is 0.207. The Morgan fingerprint density at radius 2 is 1.74 bits per heavy atom. The number of piperidine rings is 2. The third-order valence-electron chi connectivity index (χ3n) is 12.6. The van der Waals surface area contributed by atoms with Crippen molar-refractivity contribution in [3.63, 3.8) is 0 Å². The fourth-order valence-corrected chi connectivity index (χ4v) is 10.0. The van der Waals surface area contributed by atoms with Crippen molar-refractivity contribution in [2.24, 2.45) is 16.7 Å². The van der Waals surface area contributed by atoms with Crippen LogP contribution in [0.4, 0.5) is 16.3 Å². The molecule has 0 atom stereocenters. The first kappa shape index (κ1) is 38.6. The molecule has 2 N–H and O–H groups in total. The van der Waals surface area contributed by atoms with E-state index in [1.54, 1.807) is 35.5 Å². The lowest BCUT2D eigenvalue weighted by atomic mass is 9.49. The minimum atomic E-state index is -0.384. The van der Waals surface area contributed by atoms with Crippen LogP contribution in [-0.2, 0) is 4.79 Å². The number of halogens is 1. The van der Waals surface area contributed by atoms with Gasteiger partial charge in [-0.2, -0.15) is 10.4 Å². The minimum absolute atomic E-state index is 0.175. The number of carbonyl (C=O) groups is 3. The summed E-state index contributed by atoms with van der Waals surface area (Å²) in [5.74, 6) is 1.47. The van der Waals surface area contributed by atoms with Gasteiger partial charge < -0.3 is 19.9 Å². The van der Waals surface area contributed by atoms with E-state index in [0.717, 1.165) is 80.8 Å². The molecule has 0 unspecified atom stereocenters. The van der Waals surface area contributed by atoms with E-state index in [0.29, 0.717) is 28.8 Å². The molecular formula is C42H49ClN10O4. The van der Waals surface area contributed by atoms with Crippen LogP contribution in [0, 0.1) is 28.1 Å². The second-order valence-corrected chi connectivity index (χ2v) is 17.5. The molecule has 14 nitrogen and oxygen atoms in total. The number of nitrogens with one attached hydrogen (secondary N) is 2. The maximum Gasteiger partial charge on any atom is 0.328 e. The molecule has 8 rings (SSSR count). The molecule has 1 saturated carbocycles. The zero-order valence-corrected chi connectivity index (χ0v) is 33.6. The van der Waals surface area contributed by atoms with Gasteiger partial charge in [-0.1, -0.05) is 45.4 Å². The number of hydrogen-bond donors (Lipinski definition) is 2. The van der Waals surface area contributed by atoms with Crippen LogP contribution in [0.2, 0.25) is 5.02 Å². The summed E-state index contributed by atoms with van der Waals surface area (Å²) >= 11 is 6.25. The number of nitriles is 1. The van der Waals surface area contributed by atoms with Gasteiger partial charge in [-0.05, 0) is 55.9 Å². The van der Waals surface area contributed by atoms with Gasteiger partial charge in [-0.3, -0.25) is 24.5 Å². The Morgan fingerprint density at radius 3 is 2.40 bits per heavy atom. The van der Waals surface area contributed by atoms with Crippen molar-refractivity contribution in [2.45, 2.75) is 78.0 Å². The van der Waals surface area contributed by atoms with Crippen molar-refractivity contribution in [1.82, 2.24) is 35.3 Å². The van der Waals surface area contributed by atoms with Crippen molar-refractivity contribution < 1.29 is 19.1 Å². The molecule has 4 aliphatic rings. The number of rotatable bonds is 9. The predicted molar refractivity (Wildman–Crippen MR) is 216 cm³/mol. The molecule has 2 aromatic carbocycles. The maximum absolute atomic E-state index is 13.4. The zero-order chi connectivity index (χ0) is 40.1. The first-order valence-corrected chi connectivity index (χ1v) is 20.3. The summed E-state index contributed by atoms with van der Waals surface area (Å²) in [7, 11) is 0. The SMILES string of the molecule is CC1(C)C(NC(=O)c2cnc(N3CCC(CN4CCC(n5ncc6c(N7CCC(=O)NC7=O)cccc65)CC4)CC3)cn2)C(C)(C)C1Oc1ccc(C#N)c(Cl)c1. The third kappa shape index (κ3) is 7.39. The van der Waals surface area contributed by atoms with Gasteiger partial charge in [-0.15, -0.1) is 0 Å². The Balaban J connectivity index is 0.800. The zero-order valence-electron chi connectivity index (χ0n) is 32.9. The number of imide groups is 1. The second kappa shape index (κ2) is 15.2. The van der Waals surface area contributed by atoms with Crippen molar-refractivity contribution in [3.8, 4) is 11.8 Å². The Morgan fingerprint density at radius 1 is 0.982 bits per heavy atom. The third-order valence-corrected chi connectivity index (χ3v) is 12.9. The minimum Gasteiger partial charge on any atom is -0.489 e. The second-order valence-electron chi connectivity index (χ2n) is 17.1. The van der Waals surface area contributed by atoms with Crippen LogP contribution in [0.15, 0.2) is 55.0 Å². The summed E-state index contributed by atoms with van der Waals surface area (Å²) in [5.41, 5.74) is 1.71. The lowest BCUT2D eigenvalue weighted by molar-refractivity contribution is -0.164. The molecule has 0 spiro atoms. The van der Waals surface area contributed by atoms with Crippen LogP contribution in [0.3, 0.4) is 0 Å².